The van der Waals surface area contributed by atoms with Gasteiger partial charge in [0.2, 0.25) is 0 Å². The molecule has 0 saturated heterocycles. The molecule has 2 unspecified atom stereocenters. The number of nitriles is 1. The largest absolute Gasteiger partial charge is 0.490 e. The number of halogens is 1. The van der Waals surface area contributed by atoms with Crippen LogP contribution in [0.3, 0.4) is 0 Å². The van der Waals surface area contributed by atoms with Crippen molar-refractivity contribution in [3.8, 4) is 11.8 Å². The van der Waals surface area contributed by atoms with Crippen LogP contribution in [-0.4, -0.2) is 17.7 Å². The number of benzene rings is 1. The summed E-state index contributed by atoms with van der Waals surface area (Å²) in [4.78, 5) is 0. The summed E-state index contributed by atoms with van der Waals surface area (Å²) < 4.78 is 18.8. The van der Waals surface area contributed by atoms with Crippen molar-refractivity contribution in [1.29, 1.82) is 5.26 Å². The number of ether oxygens (including phenoxy) is 1. The number of nitrogens with zero attached hydrogens (tertiary/aromatic N) is 1. The first-order valence-corrected chi connectivity index (χ1v) is 7.30. The van der Waals surface area contributed by atoms with Crippen molar-refractivity contribution in [2.24, 2.45) is 0 Å². The third kappa shape index (κ3) is 3.10. The van der Waals surface area contributed by atoms with E-state index in [1.165, 1.54) is 25.0 Å². The molecule has 2 saturated carbocycles. The summed E-state index contributed by atoms with van der Waals surface area (Å²) in [5, 5.41) is 13.0. The highest BCUT2D eigenvalue weighted by molar-refractivity contribution is 5.23. The van der Waals surface area contributed by atoms with Gasteiger partial charge in [-0.15, -0.1) is 0 Å². The fraction of sp³-hybridized carbons (Fsp3) is 0.562. The minimum atomic E-state index is -0.440. The van der Waals surface area contributed by atoms with E-state index < -0.39 is 5.54 Å². The van der Waals surface area contributed by atoms with E-state index in [1.54, 1.807) is 12.1 Å². The molecule has 0 bridgehead atoms. The molecule has 20 heavy (non-hydrogen) atoms. The Morgan fingerprint density at radius 1 is 1.25 bits per heavy atom. The number of nitrogens with one attached hydrogen (secondary N) is 1. The molecule has 106 valence electrons. The van der Waals surface area contributed by atoms with Gasteiger partial charge < -0.3 is 4.74 Å². The molecule has 3 rings (SSSR count). The fourth-order valence-corrected chi connectivity index (χ4v) is 2.91. The zero-order valence-corrected chi connectivity index (χ0v) is 11.4. The predicted octanol–water partition coefficient (Wildman–Crippen LogP) is 3.16. The van der Waals surface area contributed by atoms with Crippen LogP contribution in [0.5, 0.6) is 5.75 Å². The molecule has 1 aromatic carbocycles. The highest BCUT2D eigenvalue weighted by atomic mass is 19.1. The maximum atomic E-state index is 12.9. The third-order valence-electron chi connectivity index (χ3n) is 4.09. The van der Waals surface area contributed by atoms with E-state index in [-0.39, 0.29) is 11.9 Å². The molecule has 0 spiro atoms. The summed E-state index contributed by atoms with van der Waals surface area (Å²) >= 11 is 0. The summed E-state index contributed by atoms with van der Waals surface area (Å²) in [7, 11) is 0. The molecule has 2 aliphatic carbocycles. The zero-order valence-electron chi connectivity index (χ0n) is 11.4. The predicted molar refractivity (Wildman–Crippen MR) is 73.8 cm³/mol. The normalized spacial score (nSPS) is 29.7. The van der Waals surface area contributed by atoms with E-state index in [1.807, 2.05) is 0 Å². The van der Waals surface area contributed by atoms with E-state index in [4.69, 9.17) is 4.74 Å². The molecule has 2 atom stereocenters. The minimum absolute atomic E-state index is 0.0279. The van der Waals surface area contributed by atoms with Crippen LogP contribution in [0, 0.1) is 17.1 Å². The first-order valence-electron chi connectivity index (χ1n) is 7.30. The molecule has 1 aromatic rings. The maximum absolute atomic E-state index is 12.9. The molecular weight excluding hydrogens is 255 g/mol. The highest BCUT2D eigenvalue weighted by Crippen LogP contribution is 2.34. The van der Waals surface area contributed by atoms with Crippen LogP contribution in [-0.2, 0) is 0 Å². The van der Waals surface area contributed by atoms with Crippen molar-refractivity contribution in [1.82, 2.24) is 5.32 Å². The van der Waals surface area contributed by atoms with Gasteiger partial charge in [-0.1, -0.05) is 0 Å². The lowest BCUT2D eigenvalue weighted by atomic mass is 9.81. The van der Waals surface area contributed by atoms with Crippen LogP contribution >= 0.6 is 0 Å². The standard InChI is InChI=1S/C16H19FN2O/c17-12-3-7-14(8-4-12)20-15-2-1-9-16(10-15,11-18)19-13-5-6-13/h3-4,7-8,13,15,19H,1-2,5-6,9-10H2. The van der Waals surface area contributed by atoms with E-state index in [9.17, 15) is 9.65 Å². The number of hydrogen-bond donors (Lipinski definition) is 1. The Hall–Kier alpha value is -1.60. The molecule has 0 radical (unpaired) electrons. The topological polar surface area (TPSA) is 45.0 Å². The Morgan fingerprint density at radius 2 is 2.00 bits per heavy atom. The average Bonchev–Trinajstić information content (AvgIpc) is 3.26. The van der Waals surface area contributed by atoms with E-state index in [0.717, 1.165) is 19.3 Å². The van der Waals surface area contributed by atoms with Gasteiger partial charge in [0.1, 0.15) is 23.2 Å². The molecule has 2 aliphatic rings. The van der Waals surface area contributed by atoms with Crippen LogP contribution in [0.1, 0.15) is 38.5 Å². The van der Waals surface area contributed by atoms with Gasteiger partial charge in [-0.05, 0) is 56.4 Å². The van der Waals surface area contributed by atoms with E-state index in [2.05, 4.69) is 11.4 Å². The van der Waals surface area contributed by atoms with Crippen molar-refractivity contribution < 1.29 is 9.13 Å². The Morgan fingerprint density at radius 3 is 2.65 bits per heavy atom. The molecular formula is C16H19FN2O. The molecule has 0 aliphatic heterocycles. The van der Waals surface area contributed by atoms with E-state index >= 15 is 0 Å². The molecule has 3 nitrogen and oxygen atoms in total. The zero-order chi connectivity index (χ0) is 14.0. The molecule has 0 amide bonds. The first kappa shape index (κ1) is 13.4. The van der Waals surface area contributed by atoms with Gasteiger partial charge in [0.05, 0.1) is 6.07 Å². The molecule has 0 aromatic heterocycles. The fourth-order valence-electron chi connectivity index (χ4n) is 2.91. The van der Waals surface area contributed by atoms with Crippen molar-refractivity contribution in [3.63, 3.8) is 0 Å². The van der Waals surface area contributed by atoms with Crippen molar-refractivity contribution in [2.45, 2.75) is 56.2 Å². The summed E-state index contributed by atoms with van der Waals surface area (Å²) in [6, 6.07) is 9.07. The summed E-state index contributed by atoms with van der Waals surface area (Å²) in [6.07, 6.45) is 5.91. The Kier molecular flexibility index (Phi) is 3.62. The van der Waals surface area contributed by atoms with Crippen LogP contribution < -0.4 is 10.1 Å². The lowest BCUT2D eigenvalue weighted by molar-refractivity contribution is 0.111. The van der Waals surface area contributed by atoms with Gasteiger partial charge in [-0.25, -0.2) is 4.39 Å². The summed E-state index contributed by atoms with van der Waals surface area (Å²) in [5.74, 6) is 0.416. The van der Waals surface area contributed by atoms with Gasteiger partial charge in [0.15, 0.2) is 0 Å². The second-order valence-corrected chi connectivity index (χ2v) is 5.90. The SMILES string of the molecule is N#CC1(NC2CC2)CCCC(Oc2ccc(F)cc2)C1. The van der Waals surface area contributed by atoms with Crippen LogP contribution in [0.15, 0.2) is 24.3 Å². The van der Waals surface area contributed by atoms with E-state index in [0.29, 0.717) is 18.2 Å². The van der Waals surface area contributed by atoms with Crippen molar-refractivity contribution >= 4 is 0 Å². The Bertz CT molecular complexity index is 506. The van der Waals surface area contributed by atoms with Crippen molar-refractivity contribution in [3.05, 3.63) is 30.1 Å². The Balaban J connectivity index is 1.64. The van der Waals surface area contributed by atoms with Crippen LogP contribution in [0.2, 0.25) is 0 Å². The second kappa shape index (κ2) is 5.41. The third-order valence-corrected chi connectivity index (χ3v) is 4.09. The lowest BCUT2D eigenvalue weighted by Crippen LogP contribution is -2.50. The quantitative estimate of drug-likeness (QED) is 0.917. The first-order chi connectivity index (χ1) is 9.69. The van der Waals surface area contributed by atoms with Crippen LogP contribution in [0.4, 0.5) is 4.39 Å². The molecule has 0 heterocycles. The lowest BCUT2D eigenvalue weighted by Gasteiger charge is -2.36. The summed E-state index contributed by atoms with van der Waals surface area (Å²) in [6.45, 7) is 0. The van der Waals surface area contributed by atoms with Gasteiger partial charge in [-0.3, -0.25) is 5.32 Å². The van der Waals surface area contributed by atoms with Gasteiger partial charge in [-0.2, -0.15) is 5.26 Å². The maximum Gasteiger partial charge on any atom is 0.123 e. The summed E-state index contributed by atoms with van der Waals surface area (Å²) in [5.41, 5.74) is -0.440. The second-order valence-electron chi connectivity index (χ2n) is 5.90. The smallest absolute Gasteiger partial charge is 0.123 e. The minimum Gasteiger partial charge on any atom is -0.490 e. The van der Waals surface area contributed by atoms with Gasteiger partial charge in [0.25, 0.3) is 0 Å². The molecule has 4 heteroatoms. The number of rotatable bonds is 4. The highest BCUT2D eigenvalue weighted by Gasteiger charge is 2.41. The molecule has 1 N–H and O–H groups in total. The van der Waals surface area contributed by atoms with Crippen LogP contribution in [0.25, 0.3) is 0 Å². The Labute approximate surface area is 118 Å². The monoisotopic (exact) mass is 274 g/mol. The van der Waals surface area contributed by atoms with Gasteiger partial charge >= 0.3 is 0 Å². The average molecular weight is 274 g/mol. The van der Waals surface area contributed by atoms with Gasteiger partial charge in [0, 0.05) is 12.5 Å². The molecule has 2 fully saturated rings. The van der Waals surface area contributed by atoms with Crippen molar-refractivity contribution in [2.75, 3.05) is 0 Å². The number of hydrogen-bond acceptors (Lipinski definition) is 3.